The summed E-state index contributed by atoms with van der Waals surface area (Å²) in [7, 11) is 1.26. The number of esters is 1. The topological polar surface area (TPSA) is 83.0 Å². The lowest BCUT2D eigenvalue weighted by atomic mass is 10.5. The van der Waals surface area contributed by atoms with Crippen LogP contribution < -0.4 is 11.1 Å². The molecule has 0 aromatic rings. The number of hydrogen-bond donors (Lipinski definition) is 2. The maximum absolute atomic E-state index is 10.5. The van der Waals surface area contributed by atoms with Crippen molar-refractivity contribution >= 4 is 11.9 Å². The molecular formula is C5H11N2O3+. The van der Waals surface area contributed by atoms with E-state index in [1.54, 1.807) is 0 Å². The van der Waals surface area contributed by atoms with E-state index < -0.39 is 5.97 Å². The van der Waals surface area contributed by atoms with Crippen LogP contribution in [0.2, 0.25) is 0 Å². The number of ether oxygens (including phenoxy) is 1. The van der Waals surface area contributed by atoms with Gasteiger partial charge in [0.15, 0.2) is 6.54 Å². The van der Waals surface area contributed by atoms with E-state index in [0.717, 1.165) is 0 Å². The molecule has 0 aliphatic rings. The van der Waals surface area contributed by atoms with Gasteiger partial charge in [0, 0.05) is 0 Å². The quantitative estimate of drug-likeness (QED) is 0.433. The Hall–Kier alpha value is -1.10. The van der Waals surface area contributed by atoms with Gasteiger partial charge in [-0.05, 0) is 0 Å². The molecule has 0 aliphatic carbocycles. The van der Waals surface area contributed by atoms with Crippen LogP contribution in [-0.2, 0) is 14.3 Å². The van der Waals surface area contributed by atoms with Crippen molar-refractivity contribution in [2.45, 2.75) is 0 Å². The van der Waals surface area contributed by atoms with Gasteiger partial charge in [0.2, 0.25) is 0 Å². The molecule has 0 saturated heterocycles. The van der Waals surface area contributed by atoms with Crippen LogP contribution in [0.15, 0.2) is 0 Å². The summed E-state index contributed by atoms with van der Waals surface area (Å²) in [5.74, 6) is -0.716. The molecule has 5 nitrogen and oxygen atoms in total. The minimum atomic E-state index is -0.457. The Bertz CT molecular complexity index is 119. The molecule has 0 atom stereocenters. The van der Waals surface area contributed by atoms with E-state index in [0.29, 0.717) is 0 Å². The van der Waals surface area contributed by atoms with Gasteiger partial charge in [-0.1, -0.05) is 0 Å². The minimum absolute atomic E-state index is 0.0785. The smallest absolute Gasteiger partial charge is 0.325 e. The number of hydrogen-bond acceptors (Lipinski definition) is 3. The van der Waals surface area contributed by atoms with Crippen molar-refractivity contribution in [3.63, 3.8) is 0 Å². The third-order valence-electron chi connectivity index (χ3n) is 0.885. The predicted octanol–water partition coefficient (Wildman–Crippen LogP) is -2.48. The lowest BCUT2D eigenvalue weighted by Gasteiger charge is -1.98. The first-order valence-electron chi connectivity index (χ1n) is 2.83. The first kappa shape index (κ1) is 8.90. The largest absolute Gasteiger partial charge is 0.468 e. The Morgan fingerprint density at radius 3 is 2.60 bits per heavy atom. The van der Waals surface area contributed by atoms with Gasteiger partial charge in [-0.25, -0.2) is 0 Å². The highest BCUT2D eigenvalue weighted by Crippen LogP contribution is 1.68. The normalized spacial score (nSPS) is 8.60. The Kier molecular flexibility index (Phi) is 4.23. The number of carbonyl (C=O) groups excluding carboxylic acids is 2. The van der Waals surface area contributed by atoms with Crippen molar-refractivity contribution in [2.75, 3.05) is 20.2 Å². The van der Waals surface area contributed by atoms with Crippen LogP contribution in [-0.4, -0.2) is 32.1 Å². The van der Waals surface area contributed by atoms with Crippen LogP contribution in [0.1, 0.15) is 0 Å². The van der Waals surface area contributed by atoms with Gasteiger partial charge in [-0.3, -0.25) is 9.59 Å². The fourth-order valence-electron chi connectivity index (χ4n) is 0.331. The predicted molar refractivity (Wildman–Crippen MR) is 32.8 cm³/mol. The lowest BCUT2D eigenvalue weighted by Crippen LogP contribution is -2.57. The Labute approximate surface area is 58.5 Å². The summed E-state index contributed by atoms with van der Waals surface area (Å²) in [5.41, 5.74) is 3.33. The molecule has 5 heteroatoms. The van der Waals surface area contributed by atoms with Gasteiger partial charge in [0.1, 0.15) is 6.54 Å². The number of nitrogens with one attached hydrogen (secondary N) is 1. The molecular weight excluding hydrogens is 136 g/mol. The molecule has 0 fully saturated rings. The average Bonchev–Trinajstić information content (AvgIpc) is 1.99. The van der Waals surface area contributed by atoms with Crippen molar-refractivity contribution in [1.29, 1.82) is 0 Å². The van der Waals surface area contributed by atoms with Crippen molar-refractivity contribution < 1.29 is 20.1 Å². The van der Waals surface area contributed by atoms with Crippen molar-refractivity contribution in [3.05, 3.63) is 0 Å². The van der Waals surface area contributed by atoms with Gasteiger partial charge in [-0.15, -0.1) is 0 Å². The molecule has 0 spiro atoms. The number of methoxy groups -OCH3 is 1. The zero-order valence-corrected chi connectivity index (χ0v) is 5.85. The van der Waals surface area contributed by atoms with Crippen LogP contribution in [0.4, 0.5) is 0 Å². The third kappa shape index (κ3) is 3.85. The maximum atomic E-state index is 10.5. The van der Waals surface area contributed by atoms with Crippen molar-refractivity contribution in [3.8, 4) is 0 Å². The third-order valence-corrected chi connectivity index (χ3v) is 0.885. The second-order valence-electron chi connectivity index (χ2n) is 1.60. The molecule has 0 rings (SSSR count). The number of carbonyl (C=O) groups is 2. The van der Waals surface area contributed by atoms with Gasteiger partial charge >= 0.3 is 5.97 Å². The fraction of sp³-hybridized carbons (Fsp3) is 0.600. The highest BCUT2D eigenvalue weighted by Gasteiger charge is 2.02. The summed E-state index contributed by atoms with van der Waals surface area (Å²) in [6.07, 6.45) is 0. The Morgan fingerprint density at radius 2 is 2.20 bits per heavy atom. The zero-order valence-electron chi connectivity index (χ0n) is 5.85. The molecule has 0 bridgehead atoms. The van der Waals surface area contributed by atoms with Crippen molar-refractivity contribution in [2.24, 2.45) is 0 Å². The molecule has 0 unspecified atom stereocenters. The number of rotatable bonds is 3. The first-order valence-corrected chi connectivity index (χ1v) is 2.83. The molecule has 1 amide bonds. The van der Waals surface area contributed by atoms with E-state index >= 15 is 0 Å². The molecule has 0 saturated carbocycles. The average molecular weight is 147 g/mol. The highest BCUT2D eigenvalue weighted by atomic mass is 16.5. The fourth-order valence-corrected chi connectivity index (χ4v) is 0.331. The van der Waals surface area contributed by atoms with E-state index in [1.165, 1.54) is 7.11 Å². The highest BCUT2D eigenvalue weighted by molar-refractivity contribution is 5.82. The van der Waals surface area contributed by atoms with Crippen LogP contribution >= 0.6 is 0 Å². The molecule has 0 aromatic carbocycles. The number of quaternary nitrogens is 1. The van der Waals surface area contributed by atoms with Gasteiger partial charge in [-0.2, -0.15) is 0 Å². The molecule has 0 aromatic heterocycles. The maximum Gasteiger partial charge on any atom is 0.325 e. The number of amides is 1. The van der Waals surface area contributed by atoms with Crippen LogP contribution in [0.5, 0.6) is 0 Å². The van der Waals surface area contributed by atoms with Crippen LogP contribution in [0.3, 0.4) is 0 Å². The summed E-state index contributed by atoms with van der Waals surface area (Å²) in [6, 6.07) is 0. The molecule has 0 aliphatic heterocycles. The molecule has 10 heavy (non-hydrogen) atoms. The Balaban J connectivity index is 3.35. The first-order chi connectivity index (χ1) is 4.70. The SMILES string of the molecule is COC(=O)CNC(=O)C[NH3+]. The van der Waals surface area contributed by atoms with E-state index in [4.69, 9.17) is 0 Å². The van der Waals surface area contributed by atoms with Crippen LogP contribution in [0, 0.1) is 0 Å². The zero-order chi connectivity index (χ0) is 7.98. The summed E-state index contributed by atoms with van der Waals surface area (Å²) in [6.45, 7) is 0.0574. The second-order valence-corrected chi connectivity index (χ2v) is 1.60. The van der Waals surface area contributed by atoms with Gasteiger partial charge in [0.25, 0.3) is 5.91 Å². The van der Waals surface area contributed by atoms with E-state index in [-0.39, 0.29) is 19.0 Å². The standard InChI is InChI=1S/C5H10N2O3/c1-10-5(9)3-7-4(8)2-6/h2-3,6H2,1H3,(H,7,8)/p+1. The lowest BCUT2D eigenvalue weighted by molar-refractivity contribution is -0.355. The van der Waals surface area contributed by atoms with E-state index in [1.807, 2.05) is 0 Å². The summed E-state index contributed by atoms with van der Waals surface area (Å²) in [4.78, 5) is 20.8. The minimum Gasteiger partial charge on any atom is -0.468 e. The Morgan fingerprint density at radius 1 is 1.60 bits per heavy atom. The summed E-state index contributed by atoms with van der Waals surface area (Å²) < 4.78 is 4.27. The van der Waals surface area contributed by atoms with E-state index in [9.17, 15) is 9.59 Å². The van der Waals surface area contributed by atoms with Gasteiger partial charge < -0.3 is 15.8 Å². The van der Waals surface area contributed by atoms with Crippen LogP contribution in [0.25, 0.3) is 0 Å². The van der Waals surface area contributed by atoms with E-state index in [2.05, 4.69) is 15.8 Å². The second kappa shape index (κ2) is 4.75. The molecule has 58 valence electrons. The summed E-state index contributed by atoms with van der Waals surface area (Å²) >= 11 is 0. The molecule has 4 N–H and O–H groups in total. The molecule has 0 heterocycles. The van der Waals surface area contributed by atoms with Gasteiger partial charge in [0.05, 0.1) is 7.11 Å². The van der Waals surface area contributed by atoms with Crippen molar-refractivity contribution in [1.82, 2.24) is 5.32 Å². The molecule has 0 radical (unpaired) electrons. The summed E-state index contributed by atoms with van der Waals surface area (Å²) in [5, 5.41) is 2.31. The monoisotopic (exact) mass is 147 g/mol.